The minimum absolute atomic E-state index is 0.362. The number of benzene rings is 1. The van der Waals surface area contributed by atoms with Crippen molar-refractivity contribution in [2.45, 2.75) is 26.2 Å². The van der Waals surface area contributed by atoms with Gasteiger partial charge < -0.3 is 14.1 Å². The third kappa shape index (κ3) is 3.69. The minimum Gasteiger partial charge on any atom is -0.492 e. The van der Waals surface area contributed by atoms with Gasteiger partial charge in [-0.05, 0) is 43.9 Å². The van der Waals surface area contributed by atoms with Crippen LogP contribution in [0.25, 0.3) is 11.0 Å². The molecule has 1 fully saturated rings. The van der Waals surface area contributed by atoms with E-state index in [-0.39, 0.29) is 5.63 Å². The van der Waals surface area contributed by atoms with Crippen LogP contribution in [-0.4, -0.2) is 31.1 Å². The predicted octanol–water partition coefficient (Wildman–Crippen LogP) is 3.29. The fraction of sp³-hybridized carbons (Fsp3) is 0.500. The summed E-state index contributed by atoms with van der Waals surface area (Å²) in [4.78, 5) is 14.1. The Labute approximate surface area is 130 Å². The first-order valence-corrected chi connectivity index (χ1v) is 8.10. The van der Waals surface area contributed by atoms with Crippen LogP contribution in [0.3, 0.4) is 0 Å². The van der Waals surface area contributed by atoms with Crippen LogP contribution in [0.15, 0.2) is 39.5 Å². The van der Waals surface area contributed by atoms with Gasteiger partial charge in [-0.25, -0.2) is 4.79 Å². The summed E-state index contributed by atoms with van der Waals surface area (Å²) in [5, 5.41) is 0.855. The van der Waals surface area contributed by atoms with Gasteiger partial charge in [-0.1, -0.05) is 19.1 Å². The van der Waals surface area contributed by atoms with Gasteiger partial charge in [0.1, 0.15) is 11.3 Å². The molecule has 0 spiro atoms. The second-order valence-electron chi connectivity index (χ2n) is 6.18. The smallest absolute Gasteiger partial charge is 0.339 e. The summed E-state index contributed by atoms with van der Waals surface area (Å²) in [6.45, 7) is 6.39. The van der Waals surface area contributed by atoms with Gasteiger partial charge in [-0.15, -0.1) is 0 Å². The van der Waals surface area contributed by atoms with E-state index in [1.807, 2.05) is 18.2 Å². The molecule has 0 aliphatic carbocycles. The third-order valence-electron chi connectivity index (χ3n) is 4.23. The number of fused-ring (bicyclic) bond motifs is 1. The molecular weight excluding hydrogens is 278 g/mol. The Morgan fingerprint density at radius 1 is 1.36 bits per heavy atom. The highest BCUT2D eigenvalue weighted by molar-refractivity contribution is 5.82. The molecule has 2 aromatic rings. The molecule has 1 saturated heterocycles. The first kappa shape index (κ1) is 15.1. The second kappa shape index (κ2) is 6.97. The van der Waals surface area contributed by atoms with E-state index in [1.165, 1.54) is 32.0 Å². The van der Waals surface area contributed by atoms with E-state index in [0.29, 0.717) is 17.9 Å². The number of likely N-dealkylation sites (tertiary alicyclic amines) is 1. The lowest BCUT2D eigenvalue weighted by Gasteiger charge is -2.30. The van der Waals surface area contributed by atoms with E-state index >= 15 is 0 Å². The standard InChI is InChI=1S/C18H23NO3/c1-14-6-4-9-19(13-14)10-5-11-21-17-12-18(20)22-16-8-3-2-7-15(16)17/h2-3,7-8,12,14H,4-6,9-11,13H2,1H3. The number of para-hydroxylation sites is 1. The number of hydrogen-bond donors (Lipinski definition) is 0. The maximum atomic E-state index is 11.6. The number of piperidine rings is 1. The molecule has 3 rings (SSSR count). The summed E-state index contributed by atoms with van der Waals surface area (Å²) < 4.78 is 11.0. The van der Waals surface area contributed by atoms with E-state index < -0.39 is 0 Å². The Bertz CT molecular complexity index is 679. The molecule has 4 heteroatoms. The highest BCUT2D eigenvalue weighted by atomic mass is 16.5. The van der Waals surface area contributed by atoms with Crippen LogP contribution in [0.2, 0.25) is 0 Å². The zero-order chi connectivity index (χ0) is 15.4. The molecule has 1 aliphatic heterocycles. The molecule has 1 aliphatic rings. The van der Waals surface area contributed by atoms with Crippen LogP contribution < -0.4 is 10.4 Å². The summed E-state index contributed by atoms with van der Waals surface area (Å²) >= 11 is 0. The van der Waals surface area contributed by atoms with Crippen molar-refractivity contribution in [3.63, 3.8) is 0 Å². The quantitative estimate of drug-likeness (QED) is 0.628. The summed E-state index contributed by atoms with van der Waals surface area (Å²) in [5.74, 6) is 1.43. The lowest BCUT2D eigenvalue weighted by molar-refractivity contribution is 0.170. The Hall–Kier alpha value is -1.81. The van der Waals surface area contributed by atoms with Gasteiger partial charge in [0, 0.05) is 13.1 Å². The summed E-state index contributed by atoms with van der Waals surface area (Å²) in [6.07, 6.45) is 3.62. The molecule has 1 aromatic carbocycles. The van der Waals surface area contributed by atoms with Gasteiger partial charge in [-0.3, -0.25) is 0 Å². The Morgan fingerprint density at radius 2 is 2.23 bits per heavy atom. The van der Waals surface area contributed by atoms with Crippen LogP contribution in [0, 0.1) is 5.92 Å². The van der Waals surface area contributed by atoms with Crippen molar-refractivity contribution in [1.82, 2.24) is 4.90 Å². The van der Waals surface area contributed by atoms with Crippen LogP contribution in [0.5, 0.6) is 5.75 Å². The zero-order valence-electron chi connectivity index (χ0n) is 13.1. The molecule has 0 bridgehead atoms. The van der Waals surface area contributed by atoms with Crippen molar-refractivity contribution in [3.8, 4) is 5.75 Å². The first-order chi connectivity index (χ1) is 10.7. The first-order valence-electron chi connectivity index (χ1n) is 8.10. The molecule has 0 saturated carbocycles. The van der Waals surface area contributed by atoms with Crippen molar-refractivity contribution in [2.75, 3.05) is 26.2 Å². The highest BCUT2D eigenvalue weighted by Gasteiger charge is 2.15. The van der Waals surface area contributed by atoms with Crippen molar-refractivity contribution in [2.24, 2.45) is 5.92 Å². The predicted molar refractivity (Wildman–Crippen MR) is 87.4 cm³/mol. The summed E-state index contributed by atoms with van der Waals surface area (Å²) in [7, 11) is 0. The molecule has 0 radical (unpaired) electrons. The molecule has 4 nitrogen and oxygen atoms in total. The summed E-state index contributed by atoms with van der Waals surface area (Å²) in [5.41, 5.74) is 0.216. The van der Waals surface area contributed by atoms with Crippen LogP contribution >= 0.6 is 0 Å². The minimum atomic E-state index is -0.362. The van der Waals surface area contributed by atoms with E-state index in [0.717, 1.165) is 24.3 Å². The number of ether oxygens (including phenoxy) is 1. The van der Waals surface area contributed by atoms with Gasteiger partial charge in [0.15, 0.2) is 0 Å². The van der Waals surface area contributed by atoms with Gasteiger partial charge in [0.2, 0.25) is 0 Å². The van der Waals surface area contributed by atoms with Crippen LogP contribution in [-0.2, 0) is 0 Å². The maximum Gasteiger partial charge on any atom is 0.339 e. The van der Waals surface area contributed by atoms with Gasteiger partial charge in [0.05, 0.1) is 18.1 Å². The second-order valence-corrected chi connectivity index (χ2v) is 6.18. The topological polar surface area (TPSA) is 42.7 Å². The molecule has 1 atom stereocenters. The SMILES string of the molecule is CC1CCCN(CCCOc2cc(=O)oc3ccccc23)C1. The highest BCUT2D eigenvalue weighted by Crippen LogP contribution is 2.23. The van der Waals surface area contributed by atoms with Gasteiger partial charge >= 0.3 is 5.63 Å². The zero-order valence-corrected chi connectivity index (χ0v) is 13.1. The van der Waals surface area contributed by atoms with Crippen molar-refractivity contribution in [3.05, 3.63) is 40.8 Å². The third-order valence-corrected chi connectivity index (χ3v) is 4.23. The van der Waals surface area contributed by atoms with Crippen molar-refractivity contribution >= 4 is 11.0 Å². The average molecular weight is 301 g/mol. The molecular formula is C18H23NO3. The van der Waals surface area contributed by atoms with Gasteiger partial charge in [-0.2, -0.15) is 0 Å². The molecule has 1 aromatic heterocycles. The van der Waals surface area contributed by atoms with E-state index in [2.05, 4.69) is 11.8 Å². The Kier molecular flexibility index (Phi) is 4.78. The van der Waals surface area contributed by atoms with Crippen molar-refractivity contribution in [1.29, 1.82) is 0 Å². The lowest BCUT2D eigenvalue weighted by atomic mass is 10.0. The Morgan fingerprint density at radius 3 is 3.09 bits per heavy atom. The molecule has 1 unspecified atom stereocenters. The van der Waals surface area contributed by atoms with Crippen LogP contribution in [0.4, 0.5) is 0 Å². The average Bonchev–Trinajstić information content (AvgIpc) is 2.51. The molecule has 0 amide bonds. The lowest BCUT2D eigenvalue weighted by Crippen LogP contribution is -2.35. The number of hydrogen-bond acceptors (Lipinski definition) is 4. The van der Waals surface area contributed by atoms with E-state index in [1.54, 1.807) is 6.07 Å². The maximum absolute atomic E-state index is 11.6. The van der Waals surface area contributed by atoms with E-state index in [9.17, 15) is 4.79 Å². The largest absolute Gasteiger partial charge is 0.492 e. The Balaban J connectivity index is 1.56. The molecule has 0 N–H and O–H groups in total. The summed E-state index contributed by atoms with van der Waals surface area (Å²) in [6, 6.07) is 8.92. The van der Waals surface area contributed by atoms with Gasteiger partial charge in [0.25, 0.3) is 0 Å². The number of rotatable bonds is 5. The van der Waals surface area contributed by atoms with E-state index in [4.69, 9.17) is 9.15 Å². The van der Waals surface area contributed by atoms with Crippen molar-refractivity contribution < 1.29 is 9.15 Å². The fourth-order valence-electron chi connectivity index (χ4n) is 3.16. The number of nitrogens with zero attached hydrogens (tertiary/aromatic N) is 1. The fourth-order valence-corrected chi connectivity index (χ4v) is 3.16. The molecule has 2 heterocycles. The monoisotopic (exact) mass is 301 g/mol. The molecule has 22 heavy (non-hydrogen) atoms. The molecule has 118 valence electrons. The normalized spacial score (nSPS) is 19.4. The van der Waals surface area contributed by atoms with Crippen LogP contribution in [0.1, 0.15) is 26.2 Å².